The van der Waals surface area contributed by atoms with E-state index >= 15 is 0 Å². The first-order valence-corrected chi connectivity index (χ1v) is 7.58. The lowest BCUT2D eigenvalue weighted by molar-refractivity contribution is 0.304. The van der Waals surface area contributed by atoms with Crippen LogP contribution in [0.4, 0.5) is 0 Å². The number of aromatic nitrogens is 1. The Morgan fingerprint density at radius 2 is 2.05 bits per heavy atom. The van der Waals surface area contributed by atoms with Crippen LogP contribution in [0, 0.1) is 13.8 Å². The zero-order chi connectivity index (χ0) is 14.7. The van der Waals surface area contributed by atoms with Gasteiger partial charge in [-0.1, -0.05) is 23.8 Å². The molecule has 1 aliphatic carbocycles. The highest BCUT2D eigenvalue weighted by molar-refractivity contribution is 5.30. The first-order chi connectivity index (χ1) is 10.2. The van der Waals surface area contributed by atoms with Crippen LogP contribution in [0.25, 0.3) is 0 Å². The van der Waals surface area contributed by atoms with Gasteiger partial charge in [0, 0.05) is 12.6 Å². The van der Waals surface area contributed by atoms with Gasteiger partial charge in [-0.25, -0.2) is 0 Å². The minimum atomic E-state index is 0.592. The maximum absolute atomic E-state index is 5.84. The van der Waals surface area contributed by atoms with Crippen molar-refractivity contribution in [2.75, 3.05) is 0 Å². The molecule has 1 saturated carbocycles. The largest absolute Gasteiger partial charge is 0.487 e. The molecule has 1 aromatic heterocycles. The predicted octanol–water partition coefficient (Wildman–Crippen LogP) is 3.53. The Kier molecular flexibility index (Phi) is 4.20. The first-order valence-electron chi connectivity index (χ1n) is 7.58. The van der Waals surface area contributed by atoms with E-state index < -0.39 is 0 Å². The van der Waals surface area contributed by atoms with E-state index in [0.717, 1.165) is 18.0 Å². The van der Waals surface area contributed by atoms with Gasteiger partial charge in [0.2, 0.25) is 0 Å². The molecule has 1 aromatic carbocycles. The standard InChI is InChI=1S/C18H22N2O/c1-13-3-4-14(2)15(9-13)12-21-18-8-7-17(20-11-18)10-19-16-5-6-16/h3-4,7-9,11,16,19H,5-6,10,12H2,1-2H3. The summed E-state index contributed by atoms with van der Waals surface area (Å²) in [5.41, 5.74) is 4.83. The Hall–Kier alpha value is -1.87. The Morgan fingerprint density at radius 1 is 1.19 bits per heavy atom. The molecule has 3 nitrogen and oxygen atoms in total. The molecule has 2 aromatic rings. The van der Waals surface area contributed by atoms with Crippen LogP contribution in [0.2, 0.25) is 0 Å². The van der Waals surface area contributed by atoms with E-state index in [1.54, 1.807) is 0 Å². The summed E-state index contributed by atoms with van der Waals surface area (Å²) in [5.74, 6) is 0.825. The fourth-order valence-corrected chi connectivity index (χ4v) is 2.25. The highest BCUT2D eigenvalue weighted by Gasteiger charge is 2.20. The number of hydrogen-bond acceptors (Lipinski definition) is 3. The van der Waals surface area contributed by atoms with Crippen LogP contribution in [-0.2, 0) is 13.2 Å². The second-order valence-electron chi connectivity index (χ2n) is 5.86. The van der Waals surface area contributed by atoms with Crippen LogP contribution in [0.5, 0.6) is 5.75 Å². The maximum atomic E-state index is 5.84. The van der Waals surface area contributed by atoms with E-state index in [2.05, 4.69) is 42.3 Å². The normalized spacial score (nSPS) is 14.2. The third-order valence-corrected chi connectivity index (χ3v) is 3.85. The first kappa shape index (κ1) is 14.1. The van der Waals surface area contributed by atoms with Crippen molar-refractivity contribution in [2.24, 2.45) is 0 Å². The molecule has 0 bridgehead atoms. The van der Waals surface area contributed by atoms with E-state index in [1.807, 2.05) is 18.3 Å². The van der Waals surface area contributed by atoms with Gasteiger partial charge in [-0.15, -0.1) is 0 Å². The zero-order valence-corrected chi connectivity index (χ0v) is 12.7. The Balaban J connectivity index is 1.55. The molecule has 1 heterocycles. The summed E-state index contributed by atoms with van der Waals surface area (Å²) >= 11 is 0. The van der Waals surface area contributed by atoms with E-state index in [1.165, 1.54) is 29.5 Å². The highest BCUT2D eigenvalue weighted by Crippen LogP contribution is 2.19. The Morgan fingerprint density at radius 3 is 2.76 bits per heavy atom. The lowest BCUT2D eigenvalue weighted by Crippen LogP contribution is -2.16. The molecule has 0 unspecified atom stereocenters. The number of rotatable bonds is 6. The minimum Gasteiger partial charge on any atom is -0.487 e. The lowest BCUT2D eigenvalue weighted by atomic mass is 10.1. The number of nitrogens with zero attached hydrogens (tertiary/aromatic N) is 1. The molecule has 1 fully saturated rings. The number of pyridine rings is 1. The average Bonchev–Trinajstić information content (AvgIpc) is 3.31. The Labute approximate surface area is 126 Å². The fraction of sp³-hybridized carbons (Fsp3) is 0.389. The smallest absolute Gasteiger partial charge is 0.138 e. The van der Waals surface area contributed by atoms with E-state index in [0.29, 0.717) is 12.6 Å². The van der Waals surface area contributed by atoms with Gasteiger partial charge >= 0.3 is 0 Å². The molecule has 0 atom stereocenters. The minimum absolute atomic E-state index is 0.592. The number of aryl methyl sites for hydroxylation is 2. The molecular weight excluding hydrogens is 260 g/mol. The molecule has 0 spiro atoms. The molecule has 0 saturated heterocycles. The third kappa shape index (κ3) is 4.05. The van der Waals surface area contributed by atoms with Gasteiger partial charge in [0.15, 0.2) is 0 Å². The molecule has 3 heteroatoms. The summed E-state index contributed by atoms with van der Waals surface area (Å²) in [6, 6.07) is 11.2. The Bertz CT molecular complexity index is 603. The monoisotopic (exact) mass is 282 g/mol. The lowest BCUT2D eigenvalue weighted by Gasteiger charge is -2.10. The summed E-state index contributed by atoms with van der Waals surface area (Å²) in [5, 5.41) is 3.46. The van der Waals surface area contributed by atoms with Crippen LogP contribution in [-0.4, -0.2) is 11.0 Å². The molecule has 0 aliphatic heterocycles. The number of ether oxygens (including phenoxy) is 1. The fourth-order valence-electron chi connectivity index (χ4n) is 2.25. The second-order valence-corrected chi connectivity index (χ2v) is 5.86. The van der Waals surface area contributed by atoms with E-state index in [9.17, 15) is 0 Å². The van der Waals surface area contributed by atoms with Crippen LogP contribution in [0.1, 0.15) is 35.2 Å². The van der Waals surface area contributed by atoms with Crippen LogP contribution >= 0.6 is 0 Å². The molecule has 1 aliphatic rings. The van der Waals surface area contributed by atoms with Crippen molar-refractivity contribution in [1.82, 2.24) is 10.3 Å². The summed E-state index contributed by atoms with van der Waals surface area (Å²) in [6.07, 6.45) is 4.42. The van der Waals surface area contributed by atoms with Crippen molar-refractivity contribution in [3.63, 3.8) is 0 Å². The van der Waals surface area contributed by atoms with Crippen molar-refractivity contribution in [2.45, 2.75) is 45.9 Å². The van der Waals surface area contributed by atoms with Crippen molar-refractivity contribution in [3.8, 4) is 5.75 Å². The summed E-state index contributed by atoms with van der Waals surface area (Å²) in [4.78, 5) is 4.44. The summed E-state index contributed by atoms with van der Waals surface area (Å²) in [6.45, 7) is 5.66. The molecule has 110 valence electrons. The SMILES string of the molecule is Cc1ccc(C)c(COc2ccc(CNC3CC3)nc2)c1. The van der Waals surface area contributed by atoms with Gasteiger partial charge in [0.05, 0.1) is 11.9 Å². The molecule has 21 heavy (non-hydrogen) atoms. The van der Waals surface area contributed by atoms with Crippen molar-refractivity contribution >= 4 is 0 Å². The van der Waals surface area contributed by atoms with Crippen LogP contribution in [0.15, 0.2) is 36.5 Å². The van der Waals surface area contributed by atoms with Gasteiger partial charge < -0.3 is 10.1 Å². The van der Waals surface area contributed by atoms with Crippen molar-refractivity contribution in [3.05, 3.63) is 58.9 Å². The maximum Gasteiger partial charge on any atom is 0.138 e. The summed E-state index contributed by atoms with van der Waals surface area (Å²) in [7, 11) is 0. The molecule has 3 rings (SSSR count). The molecule has 0 radical (unpaired) electrons. The molecule has 1 N–H and O–H groups in total. The number of benzene rings is 1. The topological polar surface area (TPSA) is 34.1 Å². The van der Waals surface area contributed by atoms with Crippen LogP contribution < -0.4 is 10.1 Å². The second kappa shape index (κ2) is 6.27. The number of nitrogens with one attached hydrogen (secondary N) is 1. The van der Waals surface area contributed by atoms with Gasteiger partial charge in [-0.3, -0.25) is 4.98 Å². The van der Waals surface area contributed by atoms with Gasteiger partial charge in [0.25, 0.3) is 0 Å². The third-order valence-electron chi connectivity index (χ3n) is 3.85. The van der Waals surface area contributed by atoms with Gasteiger partial charge in [0.1, 0.15) is 12.4 Å². The predicted molar refractivity (Wildman–Crippen MR) is 84.3 cm³/mol. The van der Waals surface area contributed by atoms with Gasteiger partial charge in [-0.2, -0.15) is 0 Å². The van der Waals surface area contributed by atoms with E-state index in [4.69, 9.17) is 4.74 Å². The van der Waals surface area contributed by atoms with Gasteiger partial charge in [-0.05, 0) is 49.9 Å². The van der Waals surface area contributed by atoms with Crippen molar-refractivity contribution in [1.29, 1.82) is 0 Å². The van der Waals surface area contributed by atoms with Crippen molar-refractivity contribution < 1.29 is 4.74 Å². The molecular formula is C18H22N2O. The zero-order valence-electron chi connectivity index (χ0n) is 12.7. The summed E-state index contributed by atoms with van der Waals surface area (Å²) < 4.78 is 5.84. The number of hydrogen-bond donors (Lipinski definition) is 1. The van der Waals surface area contributed by atoms with E-state index in [-0.39, 0.29) is 0 Å². The quantitative estimate of drug-likeness (QED) is 0.880. The highest BCUT2D eigenvalue weighted by atomic mass is 16.5. The molecule has 0 amide bonds. The average molecular weight is 282 g/mol. The van der Waals surface area contributed by atoms with Crippen LogP contribution in [0.3, 0.4) is 0 Å².